The van der Waals surface area contributed by atoms with E-state index in [0.29, 0.717) is 23.9 Å². The number of sulfonamides is 1. The number of rotatable bonds is 3. The standard InChI is InChI=1S/C16H23NO2S/c1-3-16-9-8-14(10-16)11-17(12-16)20(18,19)15-6-4-13(2)5-7-15/h4-7,14H,3,8-12H2,1-2H3. The van der Waals surface area contributed by atoms with E-state index in [2.05, 4.69) is 6.92 Å². The summed E-state index contributed by atoms with van der Waals surface area (Å²) in [7, 11) is -3.32. The van der Waals surface area contributed by atoms with Gasteiger partial charge in [0.05, 0.1) is 4.90 Å². The second kappa shape index (κ2) is 4.85. The van der Waals surface area contributed by atoms with Crippen LogP contribution in [0, 0.1) is 18.3 Å². The Morgan fingerprint density at radius 3 is 2.65 bits per heavy atom. The molecular formula is C16H23NO2S. The fourth-order valence-electron chi connectivity index (χ4n) is 3.83. The molecule has 3 nitrogen and oxygen atoms in total. The number of hydrogen-bond donors (Lipinski definition) is 0. The van der Waals surface area contributed by atoms with Gasteiger partial charge in [0.1, 0.15) is 0 Å². The van der Waals surface area contributed by atoms with Crippen molar-refractivity contribution < 1.29 is 8.42 Å². The fraction of sp³-hybridized carbons (Fsp3) is 0.625. The molecule has 2 fully saturated rings. The van der Waals surface area contributed by atoms with Crippen LogP contribution in [0.1, 0.15) is 38.2 Å². The predicted molar refractivity (Wildman–Crippen MR) is 80.0 cm³/mol. The molecule has 110 valence electrons. The molecule has 4 heteroatoms. The molecule has 2 aliphatic rings. The van der Waals surface area contributed by atoms with Crippen molar-refractivity contribution in [2.45, 2.75) is 44.4 Å². The van der Waals surface area contributed by atoms with Crippen LogP contribution in [0.4, 0.5) is 0 Å². The molecule has 1 aromatic rings. The van der Waals surface area contributed by atoms with Gasteiger partial charge in [-0.1, -0.05) is 24.6 Å². The molecule has 0 radical (unpaired) electrons. The highest BCUT2D eigenvalue weighted by Gasteiger charge is 2.46. The minimum atomic E-state index is -3.32. The van der Waals surface area contributed by atoms with Crippen LogP contribution in [0.15, 0.2) is 29.2 Å². The highest BCUT2D eigenvalue weighted by atomic mass is 32.2. The van der Waals surface area contributed by atoms with E-state index >= 15 is 0 Å². The minimum Gasteiger partial charge on any atom is -0.207 e. The summed E-state index contributed by atoms with van der Waals surface area (Å²) in [6.45, 7) is 5.59. The van der Waals surface area contributed by atoms with Gasteiger partial charge in [-0.2, -0.15) is 4.31 Å². The highest BCUT2D eigenvalue weighted by molar-refractivity contribution is 7.89. The van der Waals surface area contributed by atoms with Gasteiger partial charge in [-0.25, -0.2) is 8.42 Å². The van der Waals surface area contributed by atoms with Crippen molar-refractivity contribution >= 4 is 10.0 Å². The molecule has 1 saturated carbocycles. The van der Waals surface area contributed by atoms with Crippen molar-refractivity contribution in [2.75, 3.05) is 13.1 Å². The van der Waals surface area contributed by atoms with Crippen molar-refractivity contribution in [1.82, 2.24) is 4.31 Å². The maximum absolute atomic E-state index is 12.8. The molecule has 1 aromatic carbocycles. The van der Waals surface area contributed by atoms with Gasteiger partial charge in [0.2, 0.25) is 10.0 Å². The number of aryl methyl sites for hydroxylation is 1. The smallest absolute Gasteiger partial charge is 0.207 e. The SMILES string of the molecule is CCC12CCC(CN(S(=O)(=O)c3ccc(C)cc3)C1)C2. The van der Waals surface area contributed by atoms with E-state index in [4.69, 9.17) is 0 Å². The normalized spacial score (nSPS) is 30.6. The maximum atomic E-state index is 12.8. The van der Waals surface area contributed by atoms with Crippen molar-refractivity contribution in [2.24, 2.45) is 11.3 Å². The zero-order valence-electron chi connectivity index (χ0n) is 12.3. The molecule has 2 unspecified atom stereocenters. The Balaban J connectivity index is 1.90. The first-order valence-electron chi connectivity index (χ1n) is 7.52. The summed E-state index contributed by atoms with van der Waals surface area (Å²) in [5.74, 6) is 0.559. The Morgan fingerprint density at radius 2 is 2.00 bits per heavy atom. The molecule has 2 bridgehead atoms. The molecular weight excluding hydrogens is 270 g/mol. The average molecular weight is 293 g/mol. The zero-order valence-corrected chi connectivity index (χ0v) is 13.1. The first-order valence-corrected chi connectivity index (χ1v) is 8.96. The first-order chi connectivity index (χ1) is 9.45. The molecule has 1 heterocycles. The Morgan fingerprint density at radius 1 is 1.30 bits per heavy atom. The number of benzene rings is 1. The van der Waals surface area contributed by atoms with Crippen LogP contribution in [-0.4, -0.2) is 25.8 Å². The maximum Gasteiger partial charge on any atom is 0.243 e. The van der Waals surface area contributed by atoms with Gasteiger partial charge in [0.25, 0.3) is 0 Å². The summed E-state index contributed by atoms with van der Waals surface area (Å²) in [5, 5.41) is 0. The molecule has 2 atom stereocenters. The lowest BCUT2D eigenvalue weighted by atomic mass is 9.80. The quantitative estimate of drug-likeness (QED) is 0.858. The number of nitrogens with zero attached hydrogens (tertiary/aromatic N) is 1. The third-order valence-electron chi connectivity index (χ3n) is 5.19. The van der Waals surface area contributed by atoms with Crippen LogP contribution in [0.2, 0.25) is 0 Å². The lowest BCUT2D eigenvalue weighted by Crippen LogP contribution is -2.45. The summed E-state index contributed by atoms with van der Waals surface area (Å²) >= 11 is 0. The van der Waals surface area contributed by atoms with Crippen LogP contribution in [-0.2, 0) is 10.0 Å². The van der Waals surface area contributed by atoms with E-state index in [0.717, 1.165) is 12.0 Å². The average Bonchev–Trinajstić information content (AvgIpc) is 2.75. The van der Waals surface area contributed by atoms with E-state index in [1.807, 2.05) is 19.1 Å². The Labute approximate surface area is 122 Å². The lowest BCUT2D eigenvalue weighted by molar-refractivity contribution is 0.154. The van der Waals surface area contributed by atoms with E-state index in [1.165, 1.54) is 19.3 Å². The molecule has 1 aliphatic carbocycles. The molecule has 0 spiro atoms. The van der Waals surface area contributed by atoms with Gasteiger partial charge in [-0.3, -0.25) is 0 Å². The highest BCUT2D eigenvalue weighted by Crippen LogP contribution is 2.49. The van der Waals surface area contributed by atoms with E-state index in [9.17, 15) is 8.42 Å². The third-order valence-corrected chi connectivity index (χ3v) is 7.01. The molecule has 0 amide bonds. The van der Waals surface area contributed by atoms with Gasteiger partial charge in [-0.15, -0.1) is 0 Å². The predicted octanol–water partition coefficient (Wildman–Crippen LogP) is 3.20. The fourth-order valence-corrected chi connectivity index (χ4v) is 5.46. The van der Waals surface area contributed by atoms with Crippen molar-refractivity contribution in [1.29, 1.82) is 0 Å². The summed E-state index contributed by atoms with van der Waals surface area (Å²) in [4.78, 5) is 0.440. The second-order valence-corrected chi connectivity index (χ2v) is 8.51. The van der Waals surface area contributed by atoms with Crippen LogP contribution in [0.25, 0.3) is 0 Å². The third kappa shape index (κ3) is 2.29. The van der Waals surface area contributed by atoms with Crippen LogP contribution < -0.4 is 0 Å². The summed E-state index contributed by atoms with van der Waals surface area (Å²) in [5.41, 5.74) is 1.33. The van der Waals surface area contributed by atoms with E-state index in [-0.39, 0.29) is 5.41 Å². The number of hydrogen-bond acceptors (Lipinski definition) is 2. The summed E-state index contributed by atoms with van der Waals surface area (Å²) < 4.78 is 27.3. The Bertz CT molecular complexity index is 593. The Kier molecular flexibility index (Phi) is 3.41. The van der Waals surface area contributed by atoms with Crippen LogP contribution in [0.5, 0.6) is 0 Å². The van der Waals surface area contributed by atoms with Crippen molar-refractivity contribution in [3.63, 3.8) is 0 Å². The van der Waals surface area contributed by atoms with E-state index in [1.54, 1.807) is 16.4 Å². The topological polar surface area (TPSA) is 37.4 Å². The first kappa shape index (κ1) is 14.1. The molecule has 0 N–H and O–H groups in total. The van der Waals surface area contributed by atoms with Gasteiger partial charge in [-0.05, 0) is 56.1 Å². The molecule has 3 rings (SSSR count). The largest absolute Gasteiger partial charge is 0.243 e. The summed E-state index contributed by atoms with van der Waals surface area (Å²) in [6.07, 6.45) is 4.68. The van der Waals surface area contributed by atoms with Crippen LogP contribution in [0.3, 0.4) is 0 Å². The lowest BCUT2D eigenvalue weighted by Gasteiger charge is -2.39. The van der Waals surface area contributed by atoms with E-state index < -0.39 is 10.0 Å². The van der Waals surface area contributed by atoms with Crippen molar-refractivity contribution in [3.8, 4) is 0 Å². The van der Waals surface area contributed by atoms with Crippen LogP contribution >= 0.6 is 0 Å². The zero-order chi connectivity index (χ0) is 14.4. The van der Waals surface area contributed by atoms with Gasteiger partial charge in [0, 0.05) is 13.1 Å². The minimum absolute atomic E-state index is 0.237. The summed E-state index contributed by atoms with van der Waals surface area (Å²) in [6, 6.07) is 7.22. The Hall–Kier alpha value is -0.870. The second-order valence-electron chi connectivity index (χ2n) is 6.57. The molecule has 1 saturated heterocycles. The van der Waals surface area contributed by atoms with Crippen molar-refractivity contribution in [3.05, 3.63) is 29.8 Å². The van der Waals surface area contributed by atoms with Gasteiger partial charge >= 0.3 is 0 Å². The number of fused-ring (bicyclic) bond motifs is 2. The van der Waals surface area contributed by atoms with Gasteiger partial charge < -0.3 is 0 Å². The van der Waals surface area contributed by atoms with Gasteiger partial charge in [0.15, 0.2) is 0 Å². The molecule has 1 aliphatic heterocycles. The number of piperidine rings is 1. The monoisotopic (exact) mass is 293 g/mol. The molecule has 20 heavy (non-hydrogen) atoms. The molecule has 0 aromatic heterocycles.